The number of rotatable bonds is 7. The number of nitrogens with one attached hydrogen (secondary N) is 2. The monoisotopic (exact) mass is 342 g/mol. The van der Waals surface area contributed by atoms with Crippen LogP contribution in [-0.2, 0) is 19.4 Å². The Morgan fingerprint density at radius 2 is 2.09 bits per heavy atom. The Morgan fingerprint density at radius 1 is 1.39 bits per heavy atom. The smallest absolute Gasteiger partial charge is 0.238 e. The van der Waals surface area contributed by atoms with Crippen molar-refractivity contribution in [3.63, 3.8) is 0 Å². The first kappa shape index (κ1) is 16.6. The van der Waals surface area contributed by atoms with Crippen molar-refractivity contribution in [2.24, 2.45) is 5.92 Å². The Labute approximate surface area is 135 Å². The van der Waals surface area contributed by atoms with Crippen molar-refractivity contribution in [3.8, 4) is 0 Å². The minimum atomic E-state index is -3.42. The van der Waals surface area contributed by atoms with Gasteiger partial charge in [0, 0.05) is 12.5 Å². The minimum absolute atomic E-state index is 0.236. The highest BCUT2D eigenvalue weighted by Gasteiger charge is 2.60. The van der Waals surface area contributed by atoms with Gasteiger partial charge in [0.2, 0.25) is 5.91 Å². The van der Waals surface area contributed by atoms with E-state index in [-0.39, 0.29) is 18.2 Å². The molecule has 2 aliphatic carbocycles. The van der Waals surface area contributed by atoms with Gasteiger partial charge in [-0.3, -0.25) is 9.59 Å². The van der Waals surface area contributed by atoms with E-state index in [0.29, 0.717) is 25.8 Å². The van der Waals surface area contributed by atoms with E-state index in [1.54, 1.807) is 6.08 Å². The molecule has 1 aliphatic heterocycles. The Hall–Kier alpha value is -1.25. The lowest BCUT2D eigenvalue weighted by atomic mass is 10.1. The first-order valence-corrected chi connectivity index (χ1v) is 9.61. The lowest BCUT2D eigenvalue weighted by Crippen LogP contribution is -2.52. The Morgan fingerprint density at radius 3 is 2.57 bits per heavy atom. The maximum absolute atomic E-state index is 12.5. The summed E-state index contributed by atoms with van der Waals surface area (Å²) in [6, 6.07) is -0.555. The molecule has 7 nitrogen and oxygen atoms in total. The molecule has 1 saturated heterocycles. The summed E-state index contributed by atoms with van der Waals surface area (Å²) < 4.78 is 24.1. The standard InChI is InChI=1S/C15H22N2O5S/c1-2-9-6-15(9,13(19)8-23(21,22)11-3-4-11)17-14(20)12-5-10(18)7-16-12/h2,9-12,16,18H,1,3-8H2,(H,17,20)/t9?,10-,12+,15?/m1/s1. The fraction of sp³-hybridized carbons (Fsp3) is 0.733. The summed E-state index contributed by atoms with van der Waals surface area (Å²) in [5.41, 5.74) is -1.14. The fourth-order valence-electron chi connectivity index (χ4n) is 3.19. The lowest BCUT2D eigenvalue weighted by Gasteiger charge is -2.20. The Bertz CT molecular complexity index is 642. The second-order valence-electron chi connectivity index (χ2n) is 6.79. The second-order valence-corrected chi connectivity index (χ2v) is 9.07. The number of hydrogen-bond acceptors (Lipinski definition) is 6. The first-order chi connectivity index (χ1) is 10.8. The third kappa shape index (κ3) is 3.20. The van der Waals surface area contributed by atoms with Crippen LogP contribution in [0.25, 0.3) is 0 Å². The second kappa shape index (κ2) is 5.68. The molecular formula is C15H22N2O5S. The van der Waals surface area contributed by atoms with Crippen LogP contribution in [0.3, 0.4) is 0 Å². The van der Waals surface area contributed by atoms with Gasteiger partial charge in [-0.05, 0) is 25.7 Å². The third-order valence-corrected chi connectivity index (χ3v) is 7.08. The fourth-order valence-corrected chi connectivity index (χ4v) is 4.90. The van der Waals surface area contributed by atoms with E-state index in [1.165, 1.54) is 0 Å². The molecule has 3 aliphatic rings. The number of amides is 1. The van der Waals surface area contributed by atoms with Gasteiger partial charge < -0.3 is 15.7 Å². The van der Waals surface area contributed by atoms with Crippen LogP contribution in [0, 0.1) is 5.92 Å². The van der Waals surface area contributed by atoms with Gasteiger partial charge in [-0.15, -0.1) is 6.58 Å². The molecule has 3 N–H and O–H groups in total. The molecule has 0 radical (unpaired) electrons. The average Bonchev–Trinajstić information content (AvgIpc) is 3.37. The molecule has 0 bridgehead atoms. The number of sulfone groups is 1. The number of aliphatic hydroxyl groups excluding tert-OH is 1. The largest absolute Gasteiger partial charge is 0.392 e. The van der Waals surface area contributed by atoms with Crippen LogP contribution in [0.15, 0.2) is 12.7 Å². The average molecular weight is 342 g/mol. The van der Waals surface area contributed by atoms with Crippen LogP contribution < -0.4 is 10.6 Å². The number of carbonyl (C=O) groups is 2. The van der Waals surface area contributed by atoms with Crippen LogP contribution in [-0.4, -0.2) is 60.4 Å². The van der Waals surface area contributed by atoms with Crippen LogP contribution in [0.5, 0.6) is 0 Å². The van der Waals surface area contributed by atoms with Gasteiger partial charge >= 0.3 is 0 Å². The van der Waals surface area contributed by atoms with E-state index in [0.717, 1.165) is 0 Å². The van der Waals surface area contributed by atoms with E-state index in [2.05, 4.69) is 17.2 Å². The summed E-state index contributed by atoms with van der Waals surface area (Å²) in [6.45, 7) is 3.99. The third-order valence-electron chi connectivity index (χ3n) is 4.93. The zero-order valence-electron chi connectivity index (χ0n) is 12.8. The number of hydrogen-bond donors (Lipinski definition) is 3. The highest BCUT2D eigenvalue weighted by atomic mass is 32.2. The van der Waals surface area contributed by atoms with Crippen LogP contribution >= 0.6 is 0 Å². The van der Waals surface area contributed by atoms with Crippen molar-refractivity contribution in [1.29, 1.82) is 0 Å². The zero-order chi connectivity index (χ0) is 16.8. The number of aliphatic hydroxyl groups is 1. The Kier molecular flexibility index (Phi) is 4.10. The van der Waals surface area contributed by atoms with Crippen LogP contribution in [0.2, 0.25) is 0 Å². The highest BCUT2D eigenvalue weighted by Crippen LogP contribution is 2.46. The maximum atomic E-state index is 12.5. The van der Waals surface area contributed by atoms with Gasteiger partial charge in [0.15, 0.2) is 15.6 Å². The van der Waals surface area contributed by atoms with E-state index >= 15 is 0 Å². The molecule has 3 fully saturated rings. The van der Waals surface area contributed by atoms with E-state index in [1.807, 2.05) is 0 Å². The summed E-state index contributed by atoms with van der Waals surface area (Å²) in [5, 5.41) is 14.7. The highest BCUT2D eigenvalue weighted by molar-refractivity contribution is 7.93. The Balaban J connectivity index is 1.68. The molecule has 1 heterocycles. The van der Waals surface area contributed by atoms with Crippen molar-refractivity contribution >= 4 is 21.5 Å². The van der Waals surface area contributed by atoms with Crippen molar-refractivity contribution < 1.29 is 23.1 Å². The maximum Gasteiger partial charge on any atom is 0.238 e. The molecule has 0 aromatic rings. The predicted molar refractivity (Wildman–Crippen MR) is 83.4 cm³/mol. The summed E-state index contributed by atoms with van der Waals surface area (Å²) >= 11 is 0. The molecule has 23 heavy (non-hydrogen) atoms. The summed E-state index contributed by atoms with van der Waals surface area (Å²) in [6.07, 6.45) is 2.90. The van der Waals surface area contributed by atoms with Gasteiger partial charge in [0.1, 0.15) is 11.3 Å². The molecule has 0 aromatic heterocycles. The predicted octanol–water partition coefficient (Wildman–Crippen LogP) is -1.08. The topological polar surface area (TPSA) is 113 Å². The van der Waals surface area contributed by atoms with E-state index in [9.17, 15) is 23.1 Å². The minimum Gasteiger partial charge on any atom is -0.392 e. The molecule has 0 spiro atoms. The van der Waals surface area contributed by atoms with E-state index < -0.39 is 44.3 Å². The molecule has 4 atom stereocenters. The molecule has 3 rings (SSSR count). The molecular weight excluding hydrogens is 320 g/mol. The van der Waals surface area contributed by atoms with Gasteiger partial charge in [0.05, 0.1) is 17.4 Å². The SMILES string of the molecule is C=CC1CC1(NC(=O)[C@@H]1C[C@@H](O)CN1)C(=O)CS(=O)(=O)C1CC1. The molecule has 8 heteroatoms. The first-order valence-electron chi connectivity index (χ1n) is 7.89. The normalized spacial score (nSPS) is 36.5. The number of carbonyl (C=O) groups excluding carboxylic acids is 2. The van der Waals surface area contributed by atoms with Crippen molar-refractivity contribution in [2.75, 3.05) is 12.3 Å². The summed E-state index contributed by atoms with van der Waals surface area (Å²) in [5.74, 6) is -1.59. The van der Waals surface area contributed by atoms with Crippen LogP contribution in [0.1, 0.15) is 25.7 Å². The van der Waals surface area contributed by atoms with Crippen molar-refractivity contribution in [1.82, 2.24) is 10.6 Å². The van der Waals surface area contributed by atoms with Crippen molar-refractivity contribution in [2.45, 2.75) is 48.6 Å². The van der Waals surface area contributed by atoms with Gasteiger partial charge in [-0.2, -0.15) is 0 Å². The molecule has 2 unspecified atom stereocenters. The van der Waals surface area contributed by atoms with E-state index in [4.69, 9.17) is 0 Å². The number of ketones is 1. The van der Waals surface area contributed by atoms with Gasteiger partial charge in [-0.25, -0.2) is 8.42 Å². The summed E-state index contributed by atoms with van der Waals surface area (Å²) in [7, 11) is -3.42. The molecule has 2 saturated carbocycles. The van der Waals surface area contributed by atoms with Crippen LogP contribution in [0.4, 0.5) is 0 Å². The zero-order valence-corrected chi connectivity index (χ0v) is 13.6. The molecule has 128 valence electrons. The van der Waals surface area contributed by atoms with Gasteiger partial charge in [0.25, 0.3) is 0 Å². The molecule has 0 aromatic carbocycles. The number of β-amino-alcohol motifs (C(OH)–C–C–N with tert-alkyl or cyclic N) is 1. The van der Waals surface area contributed by atoms with Crippen molar-refractivity contribution in [3.05, 3.63) is 12.7 Å². The molecule has 1 amide bonds. The quantitative estimate of drug-likeness (QED) is 0.507. The number of Topliss-reactive ketones (excluding diaryl/α,β-unsaturated/α-hetero) is 1. The van der Waals surface area contributed by atoms with Gasteiger partial charge in [-0.1, -0.05) is 6.08 Å². The lowest BCUT2D eigenvalue weighted by molar-refractivity contribution is -0.129. The summed E-state index contributed by atoms with van der Waals surface area (Å²) in [4.78, 5) is 24.9.